The van der Waals surface area contributed by atoms with Gasteiger partial charge in [-0.25, -0.2) is 4.98 Å². The summed E-state index contributed by atoms with van der Waals surface area (Å²) >= 11 is 0. The lowest BCUT2D eigenvalue weighted by molar-refractivity contribution is -0.148. The number of rotatable bonds is 3. The Balaban J connectivity index is 1.62. The monoisotopic (exact) mass is 338 g/mol. The van der Waals surface area contributed by atoms with Crippen LogP contribution < -0.4 is 4.90 Å². The predicted molar refractivity (Wildman–Crippen MR) is 93.9 cm³/mol. The zero-order chi connectivity index (χ0) is 17.3. The Bertz CT molecular complexity index is 740. The van der Waals surface area contributed by atoms with Gasteiger partial charge in [-0.1, -0.05) is 6.07 Å². The Hall–Kier alpha value is -2.54. The fourth-order valence-electron chi connectivity index (χ4n) is 3.90. The van der Waals surface area contributed by atoms with Gasteiger partial charge in [0.15, 0.2) is 0 Å². The largest absolute Gasteiger partial charge is 0.353 e. The third-order valence-electron chi connectivity index (χ3n) is 5.27. The second-order valence-electron chi connectivity index (χ2n) is 6.78. The summed E-state index contributed by atoms with van der Waals surface area (Å²) in [7, 11) is 1.90. The van der Waals surface area contributed by atoms with Crippen molar-refractivity contribution in [1.82, 2.24) is 24.8 Å². The number of amides is 1. The Morgan fingerprint density at radius 1 is 1.12 bits per heavy atom. The number of hydrogen-bond donors (Lipinski definition) is 0. The predicted octanol–water partition coefficient (Wildman–Crippen LogP) is 0.795. The van der Waals surface area contributed by atoms with Crippen molar-refractivity contribution in [3.8, 4) is 0 Å². The highest BCUT2D eigenvalue weighted by Gasteiger charge is 2.52. The average Bonchev–Trinajstić information content (AvgIpc) is 3.11. The number of pyridine rings is 1. The minimum Gasteiger partial charge on any atom is -0.353 e. The molecule has 1 amide bonds. The van der Waals surface area contributed by atoms with E-state index in [-0.39, 0.29) is 5.91 Å². The van der Waals surface area contributed by atoms with Crippen LogP contribution in [-0.2, 0) is 11.3 Å². The molecule has 7 nitrogen and oxygen atoms in total. The van der Waals surface area contributed by atoms with E-state index < -0.39 is 5.54 Å². The highest BCUT2D eigenvalue weighted by molar-refractivity contribution is 5.88. The van der Waals surface area contributed by atoms with Crippen molar-refractivity contribution in [2.75, 3.05) is 38.1 Å². The molecule has 2 aliphatic rings. The zero-order valence-corrected chi connectivity index (χ0v) is 14.4. The first kappa shape index (κ1) is 16.0. The Labute approximate surface area is 147 Å². The van der Waals surface area contributed by atoms with E-state index in [1.54, 1.807) is 24.8 Å². The number of hydrogen-bond acceptors (Lipinski definition) is 6. The van der Waals surface area contributed by atoms with Crippen LogP contribution in [0.25, 0.3) is 0 Å². The van der Waals surface area contributed by atoms with Crippen LogP contribution in [0, 0.1) is 0 Å². The minimum atomic E-state index is -0.500. The maximum absolute atomic E-state index is 13.1. The highest BCUT2D eigenvalue weighted by atomic mass is 16.2. The van der Waals surface area contributed by atoms with Crippen LogP contribution in [0.1, 0.15) is 12.0 Å². The van der Waals surface area contributed by atoms with Crippen molar-refractivity contribution >= 4 is 11.7 Å². The maximum Gasteiger partial charge on any atom is 0.244 e. The Morgan fingerprint density at radius 3 is 2.76 bits per heavy atom. The first-order valence-corrected chi connectivity index (χ1v) is 8.59. The lowest BCUT2D eigenvalue weighted by Gasteiger charge is -2.46. The fraction of sp³-hybridized carbons (Fsp3) is 0.444. The molecule has 2 aliphatic heterocycles. The summed E-state index contributed by atoms with van der Waals surface area (Å²) in [5.41, 5.74) is 0.637. The molecule has 7 heteroatoms. The molecule has 1 spiro atoms. The van der Waals surface area contributed by atoms with E-state index >= 15 is 0 Å². The lowest BCUT2D eigenvalue weighted by atomic mass is 9.91. The Kier molecular flexibility index (Phi) is 4.09. The number of aromatic nitrogens is 3. The van der Waals surface area contributed by atoms with Crippen molar-refractivity contribution in [3.05, 3.63) is 48.7 Å². The average molecular weight is 338 g/mol. The van der Waals surface area contributed by atoms with Crippen molar-refractivity contribution in [2.45, 2.75) is 18.5 Å². The summed E-state index contributed by atoms with van der Waals surface area (Å²) in [4.78, 5) is 32.3. The number of nitrogens with zero attached hydrogens (tertiary/aromatic N) is 6. The van der Waals surface area contributed by atoms with Crippen molar-refractivity contribution in [2.24, 2.45) is 0 Å². The minimum absolute atomic E-state index is 0.203. The number of piperazine rings is 1. The van der Waals surface area contributed by atoms with Gasteiger partial charge < -0.3 is 9.80 Å². The molecule has 4 heterocycles. The van der Waals surface area contributed by atoms with Gasteiger partial charge >= 0.3 is 0 Å². The van der Waals surface area contributed by atoms with Gasteiger partial charge in [-0.15, -0.1) is 0 Å². The van der Waals surface area contributed by atoms with Gasteiger partial charge in [0.2, 0.25) is 5.91 Å². The van der Waals surface area contributed by atoms with Gasteiger partial charge in [0, 0.05) is 64.6 Å². The normalized spacial score (nSPS) is 24.3. The summed E-state index contributed by atoms with van der Waals surface area (Å²) in [6.07, 6.45) is 9.59. The van der Waals surface area contributed by atoms with Crippen LogP contribution in [0.4, 0.5) is 5.82 Å². The first-order valence-electron chi connectivity index (χ1n) is 8.59. The molecular formula is C18H22N6O. The smallest absolute Gasteiger partial charge is 0.244 e. The van der Waals surface area contributed by atoms with E-state index in [0.29, 0.717) is 6.54 Å². The van der Waals surface area contributed by atoms with E-state index in [4.69, 9.17) is 0 Å². The van der Waals surface area contributed by atoms with Gasteiger partial charge in [-0.3, -0.25) is 19.7 Å². The third-order valence-corrected chi connectivity index (χ3v) is 5.27. The summed E-state index contributed by atoms with van der Waals surface area (Å²) in [6.45, 7) is 3.82. The molecule has 0 N–H and O–H groups in total. The van der Waals surface area contributed by atoms with Crippen LogP contribution >= 0.6 is 0 Å². The standard InChI is InChI=1S/C18H22N6O/c1-22-9-10-24(13-15-3-2-5-19-11-15)18(17(22)25)4-8-23(14-18)16-12-20-6-7-21-16/h2-3,5-7,11-12H,4,8-10,13-14H2,1H3. The molecular weight excluding hydrogens is 316 g/mol. The molecule has 1 atom stereocenters. The zero-order valence-electron chi connectivity index (χ0n) is 14.4. The molecule has 0 bridgehead atoms. The molecule has 0 aromatic carbocycles. The summed E-state index contributed by atoms with van der Waals surface area (Å²) in [6, 6.07) is 4.01. The van der Waals surface area contributed by atoms with Crippen LogP contribution in [-0.4, -0.2) is 69.4 Å². The first-order chi connectivity index (χ1) is 12.2. The molecule has 4 rings (SSSR count). The van der Waals surface area contributed by atoms with E-state index in [0.717, 1.165) is 44.0 Å². The van der Waals surface area contributed by atoms with Crippen LogP contribution in [0.3, 0.4) is 0 Å². The highest BCUT2D eigenvalue weighted by Crippen LogP contribution is 2.35. The summed E-state index contributed by atoms with van der Waals surface area (Å²) < 4.78 is 0. The molecule has 130 valence electrons. The molecule has 2 fully saturated rings. The van der Waals surface area contributed by atoms with Crippen LogP contribution in [0.5, 0.6) is 0 Å². The number of anilines is 1. The van der Waals surface area contributed by atoms with Crippen LogP contribution in [0.15, 0.2) is 43.1 Å². The molecule has 0 radical (unpaired) electrons. The van der Waals surface area contributed by atoms with Crippen molar-refractivity contribution in [1.29, 1.82) is 0 Å². The third kappa shape index (κ3) is 2.84. The maximum atomic E-state index is 13.1. The van der Waals surface area contributed by atoms with E-state index in [2.05, 4.69) is 30.8 Å². The lowest BCUT2D eigenvalue weighted by Crippen LogP contribution is -2.65. The molecule has 2 saturated heterocycles. The number of carbonyl (C=O) groups is 1. The summed E-state index contributed by atoms with van der Waals surface area (Å²) in [5.74, 6) is 1.04. The fourth-order valence-corrected chi connectivity index (χ4v) is 3.90. The number of likely N-dealkylation sites (N-methyl/N-ethyl adjacent to an activating group) is 1. The molecule has 0 aliphatic carbocycles. The molecule has 2 aromatic rings. The van der Waals surface area contributed by atoms with E-state index in [9.17, 15) is 4.79 Å². The molecule has 0 saturated carbocycles. The van der Waals surface area contributed by atoms with Gasteiger partial charge in [-0.05, 0) is 18.1 Å². The Morgan fingerprint density at radius 2 is 2.00 bits per heavy atom. The summed E-state index contributed by atoms with van der Waals surface area (Å²) in [5, 5.41) is 0. The second kappa shape index (κ2) is 6.40. The van der Waals surface area contributed by atoms with Gasteiger partial charge in [0.1, 0.15) is 11.4 Å². The van der Waals surface area contributed by atoms with E-state index in [1.807, 2.05) is 24.2 Å². The van der Waals surface area contributed by atoms with Gasteiger partial charge in [0.25, 0.3) is 0 Å². The van der Waals surface area contributed by atoms with Crippen molar-refractivity contribution < 1.29 is 4.79 Å². The van der Waals surface area contributed by atoms with Crippen LogP contribution in [0.2, 0.25) is 0 Å². The van der Waals surface area contributed by atoms with Gasteiger partial charge in [-0.2, -0.15) is 0 Å². The van der Waals surface area contributed by atoms with Crippen molar-refractivity contribution in [3.63, 3.8) is 0 Å². The molecule has 1 unspecified atom stereocenters. The molecule has 25 heavy (non-hydrogen) atoms. The SMILES string of the molecule is CN1CCN(Cc2cccnc2)C2(CCN(c3cnccn3)C2)C1=O. The molecule has 2 aromatic heterocycles. The quantitative estimate of drug-likeness (QED) is 0.825. The topological polar surface area (TPSA) is 65.5 Å². The number of carbonyl (C=O) groups excluding carboxylic acids is 1. The van der Waals surface area contributed by atoms with E-state index in [1.165, 1.54) is 0 Å². The second-order valence-corrected chi connectivity index (χ2v) is 6.78. The van der Waals surface area contributed by atoms with Gasteiger partial charge in [0.05, 0.1) is 6.20 Å².